The summed E-state index contributed by atoms with van der Waals surface area (Å²) in [5, 5.41) is 4.37. The molecule has 2 fully saturated rings. The summed E-state index contributed by atoms with van der Waals surface area (Å²) in [5.74, 6) is -0.463. The van der Waals surface area contributed by atoms with Gasteiger partial charge in [-0.2, -0.15) is 0 Å². The molecule has 5 rings (SSSR count). The average molecular weight is 644 g/mol. The first-order valence-electron chi connectivity index (χ1n) is 16.7. The summed E-state index contributed by atoms with van der Waals surface area (Å²) in [4.78, 5) is 17.2. The van der Waals surface area contributed by atoms with Crippen molar-refractivity contribution < 1.29 is 33.0 Å². The third kappa shape index (κ3) is 10.8. The van der Waals surface area contributed by atoms with Gasteiger partial charge < -0.3 is 23.8 Å². The van der Waals surface area contributed by atoms with Gasteiger partial charge in [0.2, 0.25) is 0 Å². The second-order valence-corrected chi connectivity index (χ2v) is 12.2. The average Bonchev–Trinajstić information content (AvgIpc) is 3.43. The summed E-state index contributed by atoms with van der Waals surface area (Å²) >= 11 is 0. The van der Waals surface area contributed by atoms with E-state index in [9.17, 15) is 9.18 Å². The standard InChI is InChI=1S/C39H46FNO6/c1-43-38(42)14-8-3-2-7-13-34-35(26-41-46-28-30-18-22-33(40)23-19-30)37(47-39-15-9-10-24-44-39)25-36(34)45-27-29-16-20-32(21-17-29)31-11-5-4-6-12-31/h2,4-7,11-12,16-23,26,34-37,39H,3,8-10,13-15,24-25,27-28H2,1H3/b7-2-,41-26?/t34-,35-,36+,37-,39?/m1/s1. The van der Waals surface area contributed by atoms with E-state index >= 15 is 0 Å². The van der Waals surface area contributed by atoms with Gasteiger partial charge in [-0.15, -0.1) is 0 Å². The Kier molecular flexibility index (Phi) is 13.6. The minimum Gasteiger partial charge on any atom is -0.469 e. The molecule has 0 aromatic heterocycles. The highest BCUT2D eigenvalue weighted by Crippen LogP contribution is 2.40. The fourth-order valence-electron chi connectivity index (χ4n) is 6.22. The van der Waals surface area contributed by atoms with Crippen LogP contribution in [0.1, 0.15) is 62.5 Å². The van der Waals surface area contributed by atoms with Crippen molar-refractivity contribution in [3.05, 3.63) is 108 Å². The zero-order chi connectivity index (χ0) is 32.7. The van der Waals surface area contributed by atoms with Crippen molar-refractivity contribution in [2.24, 2.45) is 17.0 Å². The molecule has 1 saturated carbocycles. The molecule has 1 saturated heterocycles. The quantitative estimate of drug-likeness (QED) is 0.0513. The Morgan fingerprint density at radius 3 is 2.40 bits per heavy atom. The Balaban J connectivity index is 1.28. The van der Waals surface area contributed by atoms with Crippen molar-refractivity contribution in [2.75, 3.05) is 13.7 Å². The number of ether oxygens (including phenoxy) is 4. The van der Waals surface area contributed by atoms with Gasteiger partial charge in [-0.3, -0.25) is 4.79 Å². The van der Waals surface area contributed by atoms with E-state index in [2.05, 4.69) is 53.7 Å². The maximum atomic E-state index is 13.3. The molecule has 3 aromatic rings. The molecule has 7 nitrogen and oxygen atoms in total. The van der Waals surface area contributed by atoms with E-state index in [1.165, 1.54) is 30.4 Å². The molecule has 2 aliphatic rings. The fourth-order valence-corrected chi connectivity index (χ4v) is 6.22. The van der Waals surface area contributed by atoms with E-state index in [0.717, 1.165) is 49.7 Å². The number of unbranched alkanes of at least 4 members (excludes halogenated alkanes) is 1. The Morgan fingerprint density at radius 2 is 1.66 bits per heavy atom. The molecule has 1 heterocycles. The predicted octanol–water partition coefficient (Wildman–Crippen LogP) is 8.42. The van der Waals surface area contributed by atoms with Crippen LogP contribution >= 0.6 is 0 Å². The zero-order valence-corrected chi connectivity index (χ0v) is 27.2. The number of esters is 1. The number of methoxy groups -OCH3 is 1. The molecule has 3 aromatic carbocycles. The van der Waals surface area contributed by atoms with Gasteiger partial charge in [-0.25, -0.2) is 4.39 Å². The third-order valence-electron chi connectivity index (χ3n) is 8.86. The van der Waals surface area contributed by atoms with Crippen molar-refractivity contribution in [2.45, 2.75) is 83.1 Å². The lowest BCUT2D eigenvalue weighted by Crippen LogP contribution is -2.32. The van der Waals surface area contributed by atoms with Crippen LogP contribution in [0.25, 0.3) is 11.1 Å². The molecule has 1 unspecified atom stereocenters. The molecule has 0 amide bonds. The first kappa shape index (κ1) is 34.5. The largest absolute Gasteiger partial charge is 0.469 e. The van der Waals surface area contributed by atoms with Crippen molar-refractivity contribution in [1.82, 2.24) is 0 Å². The molecule has 1 aliphatic heterocycles. The molecule has 0 radical (unpaired) electrons. The van der Waals surface area contributed by atoms with Crippen LogP contribution in [0.2, 0.25) is 0 Å². The molecule has 0 bridgehead atoms. The summed E-state index contributed by atoms with van der Waals surface area (Å²) in [6, 6.07) is 25.1. The van der Waals surface area contributed by atoms with Gasteiger partial charge in [0.05, 0.1) is 25.9 Å². The fraction of sp³-hybridized carbons (Fsp3) is 0.436. The maximum absolute atomic E-state index is 13.3. The van der Waals surface area contributed by atoms with Crippen molar-refractivity contribution in [3.63, 3.8) is 0 Å². The van der Waals surface area contributed by atoms with Crippen molar-refractivity contribution in [3.8, 4) is 11.1 Å². The lowest BCUT2D eigenvalue weighted by Gasteiger charge is -2.28. The number of halogens is 1. The number of hydrogen-bond donors (Lipinski definition) is 0. The topological polar surface area (TPSA) is 75.6 Å². The molecular formula is C39H46FNO6. The number of carbonyl (C=O) groups excluding carboxylic acids is 1. The Bertz CT molecular complexity index is 1410. The highest BCUT2D eigenvalue weighted by atomic mass is 19.1. The first-order valence-corrected chi connectivity index (χ1v) is 16.7. The summed E-state index contributed by atoms with van der Waals surface area (Å²) < 4.78 is 37.3. The van der Waals surface area contributed by atoms with Crippen LogP contribution < -0.4 is 0 Å². The van der Waals surface area contributed by atoms with Crippen molar-refractivity contribution in [1.29, 1.82) is 0 Å². The van der Waals surface area contributed by atoms with E-state index in [-0.39, 0.29) is 48.7 Å². The number of oxime groups is 1. The zero-order valence-electron chi connectivity index (χ0n) is 27.2. The number of allylic oxidation sites excluding steroid dienone is 2. The van der Waals surface area contributed by atoms with E-state index in [4.69, 9.17) is 23.8 Å². The number of benzene rings is 3. The molecule has 250 valence electrons. The predicted molar refractivity (Wildman–Crippen MR) is 180 cm³/mol. The SMILES string of the molecule is COC(=O)CCC/C=C\C[C@@H]1[C@@H](C=NOCc2ccc(F)cc2)[C@H](OC2CCCCO2)C[C@@H]1OCc1ccc(-c2ccccc2)cc1. The van der Waals surface area contributed by atoms with Crippen LogP contribution in [0.5, 0.6) is 0 Å². The van der Waals surface area contributed by atoms with E-state index in [0.29, 0.717) is 26.1 Å². The summed E-state index contributed by atoms with van der Waals surface area (Å²) in [6.45, 7) is 1.43. The lowest BCUT2D eigenvalue weighted by molar-refractivity contribution is -0.192. The molecule has 1 aliphatic carbocycles. The second kappa shape index (κ2) is 18.5. The van der Waals surface area contributed by atoms with Gasteiger partial charge >= 0.3 is 5.97 Å². The van der Waals surface area contributed by atoms with E-state index < -0.39 is 0 Å². The minimum atomic E-state index is -0.285. The smallest absolute Gasteiger partial charge is 0.305 e. The Morgan fingerprint density at radius 1 is 0.915 bits per heavy atom. The molecular weight excluding hydrogens is 597 g/mol. The summed E-state index contributed by atoms with van der Waals surface area (Å²) in [7, 11) is 1.41. The molecule has 47 heavy (non-hydrogen) atoms. The van der Waals surface area contributed by atoms with Crippen LogP contribution in [0, 0.1) is 17.7 Å². The molecule has 5 atom stereocenters. The van der Waals surface area contributed by atoms with Crippen LogP contribution in [0.3, 0.4) is 0 Å². The third-order valence-corrected chi connectivity index (χ3v) is 8.86. The molecule has 0 spiro atoms. The van der Waals surface area contributed by atoms with Gasteiger partial charge in [-0.05, 0) is 78.8 Å². The Hall–Kier alpha value is -3.85. The van der Waals surface area contributed by atoms with Gasteiger partial charge in [0.15, 0.2) is 6.29 Å². The first-order chi connectivity index (χ1) is 23.1. The number of nitrogens with zero attached hydrogens (tertiary/aromatic N) is 1. The normalized spacial score (nSPS) is 23.0. The van der Waals surface area contributed by atoms with Gasteiger partial charge in [0.25, 0.3) is 0 Å². The van der Waals surface area contributed by atoms with Crippen LogP contribution in [0.4, 0.5) is 4.39 Å². The Labute approximate surface area is 277 Å². The lowest BCUT2D eigenvalue weighted by atomic mass is 9.91. The summed E-state index contributed by atoms with van der Waals surface area (Å²) in [5.41, 5.74) is 4.30. The number of hydrogen-bond acceptors (Lipinski definition) is 7. The molecule has 8 heteroatoms. The highest BCUT2D eigenvalue weighted by molar-refractivity contribution is 5.69. The molecule has 0 N–H and O–H groups in total. The highest BCUT2D eigenvalue weighted by Gasteiger charge is 2.44. The number of carbonyl (C=O) groups is 1. The van der Waals surface area contributed by atoms with Gasteiger partial charge in [0.1, 0.15) is 12.4 Å². The minimum absolute atomic E-state index is 0.0704. The van der Waals surface area contributed by atoms with Crippen LogP contribution in [-0.2, 0) is 41.8 Å². The van der Waals surface area contributed by atoms with Crippen LogP contribution in [-0.4, -0.2) is 44.4 Å². The summed E-state index contributed by atoms with van der Waals surface area (Å²) in [6.07, 6.45) is 12.1. The van der Waals surface area contributed by atoms with E-state index in [1.54, 1.807) is 12.1 Å². The second-order valence-electron chi connectivity index (χ2n) is 12.2. The maximum Gasteiger partial charge on any atom is 0.305 e. The van der Waals surface area contributed by atoms with E-state index in [1.807, 2.05) is 24.4 Å². The van der Waals surface area contributed by atoms with Gasteiger partial charge in [0, 0.05) is 31.6 Å². The number of rotatable bonds is 16. The van der Waals surface area contributed by atoms with Crippen molar-refractivity contribution >= 4 is 12.2 Å². The van der Waals surface area contributed by atoms with Gasteiger partial charge in [-0.1, -0.05) is 84.0 Å². The van der Waals surface area contributed by atoms with Crippen LogP contribution in [0.15, 0.2) is 96.2 Å². The monoisotopic (exact) mass is 643 g/mol.